The van der Waals surface area contributed by atoms with E-state index in [1.807, 2.05) is 6.92 Å². The van der Waals surface area contributed by atoms with Gasteiger partial charge in [-0.15, -0.1) is 24.2 Å². The van der Waals surface area contributed by atoms with Crippen molar-refractivity contribution < 1.29 is 24.9 Å². The van der Waals surface area contributed by atoms with Crippen LogP contribution in [0.25, 0.3) is 0 Å². The molecule has 0 aromatic carbocycles. The van der Waals surface area contributed by atoms with Crippen LogP contribution in [0.15, 0.2) is 10.6 Å². The van der Waals surface area contributed by atoms with Gasteiger partial charge in [0.05, 0.1) is 18.8 Å². The first-order chi connectivity index (χ1) is 12.9. The number of carbonyl (C=O) groups is 2. The summed E-state index contributed by atoms with van der Waals surface area (Å²) in [6.45, 7) is 4.08. The number of halogens is 1. The quantitative estimate of drug-likeness (QED) is 0.363. The van der Waals surface area contributed by atoms with E-state index >= 15 is 0 Å². The molecule has 1 amide bonds. The van der Waals surface area contributed by atoms with Gasteiger partial charge in [-0.2, -0.15) is 0 Å². The second-order valence-electron chi connectivity index (χ2n) is 8.28. The highest BCUT2D eigenvalue weighted by Gasteiger charge is 2.60. The van der Waals surface area contributed by atoms with Crippen LogP contribution >= 0.6 is 24.2 Å². The average molecular weight is 434 g/mol. The van der Waals surface area contributed by atoms with Crippen molar-refractivity contribution in [1.82, 2.24) is 15.5 Å². The molecule has 4 heterocycles. The normalized spacial score (nSPS) is 38.2. The number of amides is 1. The van der Waals surface area contributed by atoms with Crippen LogP contribution in [0, 0.1) is 11.3 Å². The minimum atomic E-state index is -1.12. The lowest BCUT2D eigenvalue weighted by molar-refractivity contribution is -0.150. The summed E-state index contributed by atoms with van der Waals surface area (Å²) < 4.78 is 0. The van der Waals surface area contributed by atoms with Gasteiger partial charge < -0.3 is 30.9 Å². The highest BCUT2D eigenvalue weighted by molar-refractivity contribution is 8.03. The minimum Gasteiger partial charge on any atom is -0.477 e. The van der Waals surface area contributed by atoms with Crippen molar-refractivity contribution in [3.8, 4) is 0 Å². The number of hydrogen-bond acceptors (Lipinski definition) is 7. The maximum absolute atomic E-state index is 12.0. The number of carboxylic acid groups (broad SMARTS) is 1. The molecular weight excluding hydrogens is 406 g/mol. The zero-order chi connectivity index (χ0) is 19.3. The summed E-state index contributed by atoms with van der Waals surface area (Å²) in [4.78, 5) is 25.8. The summed E-state index contributed by atoms with van der Waals surface area (Å²) in [6.07, 6.45) is 1.55. The Morgan fingerprint density at radius 2 is 2.18 bits per heavy atom. The van der Waals surface area contributed by atoms with Gasteiger partial charge in [0.1, 0.15) is 5.70 Å². The van der Waals surface area contributed by atoms with Gasteiger partial charge >= 0.3 is 5.97 Å². The van der Waals surface area contributed by atoms with Gasteiger partial charge in [0.25, 0.3) is 0 Å². The number of carbonyl (C=O) groups excluding carboxylic acids is 1. The molecule has 4 rings (SSSR count). The van der Waals surface area contributed by atoms with E-state index < -0.39 is 17.5 Å². The van der Waals surface area contributed by atoms with Crippen LogP contribution < -0.4 is 10.6 Å². The van der Waals surface area contributed by atoms with Crippen LogP contribution in [0.5, 0.6) is 0 Å². The Labute approximate surface area is 174 Å². The van der Waals surface area contributed by atoms with Crippen molar-refractivity contribution in [2.75, 3.05) is 26.2 Å². The van der Waals surface area contributed by atoms with E-state index in [0.717, 1.165) is 25.9 Å². The number of rotatable bonds is 6. The molecule has 4 aliphatic heterocycles. The maximum atomic E-state index is 12.0. The minimum absolute atomic E-state index is 0. The Hall–Kier alpha value is -0.840. The van der Waals surface area contributed by atoms with Crippen molar-refractivity contribution in [2.45, 2.75) is 49.6 Å². The fraction of sp³-hybridized carbons (Fsp3) is 0.778. The van der Waals surface area contributed by atoms with Crippen LogP contribution in [0.3, 0.4) is 0 Å². The van der Waals surface area contributed by atoms with Gasteiger partial charge in [-0.3, -0.25) is 4.79 Å². The molecule has 0 saturated carbocycles. The van der Waals surface area contributed by atoms with E-state index in [0.29, 0.717) is 11.4 Å². The van der Waals surface area contributed by atoms with E-state index in [2.05, 4.69) is 10.6 Å². The lowest BCUT2D eigenvalue weighted by Gasteiger charge is -2.42. The number of aliphatic carboxylic acids is 1. The van der Waals surface area contributed by atoms with Gasteiger partial charge in [-0.1, -0.05) is 6.92 Å². The molecule has 28 heavy (non-hydrogen) atoms. The summed E-state index contributed by atoms with van der Waals surface area (Å²) >= 11 is 1.45. The highest BCUT2D eigenvalue weighted by atomic mass is 35.5. The smallest absolute Gasteiger partial charge is 0.353 e. The number of thioether (sulfide) groups is 1. The van der Waals surface area contributed by atoms with Crippen molar-refractivity contribution >= 4 is 36.0 Å². The van der Waals surface area contributed by atoms with Gasteiger partial charge in [-0.05, 0) is 19.4 Å². The van der Waals surface area contributed by atoms with Crippen molar-refractivity contribution in [2.24, 2.45) is 11.3 Å². The molecule has 8 nitrogen and oxygen atoms in total. The molecule has 10 heteroatoms. The summed E-state index contributed by atoms with van der Waals surface area (Å²) in [5, 5.41) is 37.1. The number of nitrogens with one attached hydrogen (secondary N) is 2. The van der Waals surface area contributed by atoms with Crippen molar-refractivity contribution in [3.05, 3.63) is 10.6 Å². The molecule has 0 spiro atoms. The third-order valence-electron chi connectivity index (χ3n) is 6.59. The lowest BCUT2D eigenvalue weighted by Crippen LogP contribution is -2.56. The molecule has 0 bridgehead atoms. The Morgan fingerprint density at radius 3 is 2.75 bits per heavy atom. The highest BCUT2D eigenvalue weighted by Crippen LogP contribution is 2.55. The summed E-state index contributed by atoms with van der Waals surface area (Å²) in [5.41, 5.74) is -0.708. The van der Waals surface area contributed by atoms with E-state index in [9.17, 15) is 24.9 Å². The number of β-lactam (4-membered cyclic amide) rings is 1. The van der Waals surface area contributed by atoms with Gasteiger partial charge in [0.2, 0.25) is 5.91 Å². The lowest BCUT2D eigenvalue weighted by atomic mass is 9.79. The number of aliphatic hydroxyl groups excluding tert-OH is 2. The predicted octanol–water partition coefficient (Wildman–Crippen LogP) is -0.248. The van der Waals surface area contributed by atoms with Gasteiger partial charge in [-0.25, -0.2) is 4.79 Å². The largest absolute Gasteiger partial charge is 0.477 e. The van der Waals surface area contributed by atoms with E-state index in [1.165, 1.54) is 16.7 Å². The zero-order valence-electron chi connectivity index (χ0n) is 15.8. The Bertz CT molecular complexity index is 686. The number of nitrogens with zero attached hydrogens (tertiary/aromatic N) is 1. The van der Waals surface area contributed by atoms with E-state index in [1.54, 1.807) is 0 Å². The second kappa shape index (κ2) is 8.12. The monoisotopic (exact) mass is 433 g/mol. The van der Waals surface area contributed by atoms with Crippen LogP contribution in [-0.4, -0.2) is 81.8 Å². The zero-order valence-corrected chi connectivity index (χ0v) is 17.4. The van der Waals surface area contributed by atoms with Gasteiger partial charge in [0.15, 0.2) is 0 Å². The fourth-order valence-corrected chi connectivity index (χ4v) is 6.44. The summed E-state index contributed by atoms with van der Waals surface area (Å²) in [7, 11) is 0. The first kappa shape index (κ1) is 21.9. The first-order valence-corrected chi connectivity index (χ1v) is 10.4. The number of fused-ring (bicyclic) bond motifs is 1. The Balaban J connectivity index is 0.00000225. The summed E-state index contributed by atoms with van der Waals surface area (Å²) in [6, 6.07) is -0.286. The molecule has 5 N–H and O–H groups in total. The molecule has 4 aliphatic rings. The maximum Gasteiger partial charge on any atom is 0.353 e. The molecule has 0 unspecified atom stereocenters. The van der Waals surface area contributed by atoms with Crippen LogP contribution in [-0.2, 0) is 9.59 Å². The molecule has 6 atom stereocenters. The number of carboxylic acids is 1. The summed E-state index contributed by atoms with van der Waals surface area (Å²) in [5.74, 6) is -1.07. The third-order valence-corrected chi connectivity index (χ3v) is 8.18. The molecule has 0 aliphatic carbocycles. The first-order valence-electron chi connectivity index (χ1n) is 9.56. The van der Waals surface area contributed by atoms with Gasteiger partial charge in [0, 0.05) is 47.0 Å². The average Bonchev–Trinajstić information content (AvgIpc) is 3.35. The molecular formula is C18H28ClN3O5S. The number of hydrogen-bond donors (Lipinski definition) is 5. The molecule has 0 aromatic rings. The molecule has 0 aromatic heterocycles. The Kier molecular flexibility index (Phi) is 6.34. The molecule has 0 radical (unpaired) electrons. The fourth-order valence-electron chi connectivity index (χ4n) is 4.85. The molecule has 3 fully saturated rings. The molecule has 3 saturated heterocycles. The SMILES string of the molecule is C[C@@]1(CO)C(S[C@@H]2CN[C@H]([C@H](O)[C@@H]3CCNC3)C2)=C(C(=O)O)N2C(=O)C[C@H]21.Cl. The van der Waals surface area contributed by atoms with Crippen molar-refractivity contribution in [1.29, 1.82) is 0 Å². The van der Waals surface area contributed by atoms with Crippen molar-refractivity contribution in [3.63, 3.8) is 0 Å². The van der Waals surface area contributed by atoms with Crippen LogP contribution in [0.2, 0.25) is 0 Å². The molecule has 158 valence electrons. The van der Waals surface area contributed by atoms with Crippen LogP contribution in [0.4, 0.5) is 0 Å². The van der Waals surface area contributed by atoms with Crippen LogP contribution in [0.1, 0.15) is 26.2 Å². The third kappa shape index (κ3) is 3.36. The van der Waals surface area contributed by atoms with E-state index in [4.69, 9.17) is 0 Å². The predicted molar refractivity (Wildman–Crippen MR) is 107 cm³/mol. The second-order valence-corrected chi connectivity index (χ2v) is 9.59. The van der Waals surface area contributed by atoms with E-state index in [-0.39, 0.29) is 60.3 Å². The number of aliphatic hydroxyl groups is 2. The standard InChI is InChI=1S/C18H27N3O5S.ClH/c1-18(8-22)12-5-13(23)21(12)14(17(25)26)16(18)27-10-4-11(20-7-10)15(24)9-2-3-19-6-9;/h9-12,15,19-20,22,24H,2-8H2,1H3,(H,25,26);1H/t9-,10+,11+,12+,15-,18+;/m1./s1. The Morgan fingerprint density at radius 1 is 1.43 bits per heavy atom. The topological polar surface area (TPSA) is 122 Å².